The largest absolute Gasteiger partial charge is 0.497 e. The normalized spacial score (nSPS) is 10.5. The van der Waals surface area contributed by atoms with Gasteiger partial charge in [-0.3, -0.25) is 14.9 Å². The first-order chi connectivity index (χ1) is 67.2. The van der Waals surface area contributed by atoms with Crippen LogP contribution in [0.4, 0.5) is 40.9 Å². The van der Waals surface area contributed by atoms with Crippen LogP contribution in [-0.2, 0) is 32.8 Å². The van der Waals surface area contributed by atoms with Crippen molar-refractivity contribution in [3.05, 3.63) is 327 Å². The van der Waals surface area contributed by atoms with E-state index in [1.165, 1.54) is 80.7 Å². The van der Waals surface area contributed by atoms with Crippen molar-refractivity contribution < 1.29 is 33.3 Å². The number of ether oxygens (including phenoxy) is 5. The minimum Gasteiger partial charge on any atom is -0.497 e. The maximum absolute atomic E-state index is 12.4. The zero-order valence-electron chi connectivity index (χ0n) is 74.2. The number of anilines is 7. The number of nitrogen functional groups attached to an aromatic ring is 1. The zero-order valence-corrected chi connectivity index (χ0v) is 74.2. The quantitative estimate of drug-likeness (QED) is 0.0300. The van der Waals surface area contributed by atoms with Gasteiger partial charge in [-0.1, -0.05) is 158 Å². The molecule has 0 aliphatic carbocycles. The Morgan fingerprint density at radius 3 is 1.27 bits per heavy atom. The third-order valence-electron chi connectivity index (χ3n) is 19.3. The number of carbonyl (C=O) groups is 2. The first-order valence-corrected chi connectivity index (χ1v) is 41.9. The summed E-state index contributed by atoms with van der Waals surface area (Å²) < 4.78 is 27.2. The SMILES string of the molecule is CCc1ccc(COc2ncnc3nc[nH]c23)cc1.CN(C)c1ncnc2nc[nH]c12.COc1ccc(C(=O)Nc2nc(Nc3ccccc3)nc(OC)n2)cc1.Cc1cccc(COc2ncnc3nc[nH]c23)c1.Nc1ncnc2nc[nH]c12.O=C(Nc1ncnc2nc[nH]c12)c1ccccc1.c1ccc(CNc2ncnc3nc[nH]c23)cc1.c1ccc(COc2ncnc3nc[nH]c23)cc1. The van der Waals surface area contributed by atoms with Crippen molar-refractivity contribution in [2.45, 2.75) is 46.6 Å². The first-order valence-electron chi connectivity index (χ1n) is 41.9. The summed E-state index contributed by atoms with van der Waals surface area (Å²) in [5.41, 5.74) is 23.9. The number of para-hydroxylation sites is 1. The molecule has 0 saturated carbocycles. The van der Waals surface area contributed by atoms with E-state index in [0.29, 0.717) is 117 Å². The third kappa shape index (κ3) is 25.6. The smallest absolute Gasteiger partial charge is 0.322 e. The number of imidazole rings is 7. The number of hydrogen-bond donors (Lipinski definition) is 12. The lowest BCUT2D eigenvalue weighted by molar-refractivity contribution is 0.101. The summed E-state index contributed by atoms with van der Waals surface area (Å²) in [4.78, 5) is 144. The molecule has 0 atom stereocenters. The van der Waals surface area contributed by atoms with Crippen LogP contribution >= 0.6 is 0 Å². The number of fused-ring (bicyclic) bond motifs is 7. The molecule has 137 heavy (non-hydrogen) atoms. The molecular weight excluding hydrogens is 1750 g/mol. The molecule has 7 aromatic carbocycles. The molecule has 22 aromatic rings. The van der Waals surface area contributed by atoms with Gasteiger partial charge in [0.15, 0.2) is 62.8 Å². The number of rotatable bonds is 22. The number of H-pyrrole nitrogens is 7. The minimum absolute atomic E-state index is 0.0797. The highest BCUT2D eigenvalue weighted by Gasteiger charge is 2.17. The Morgan fingerprint density at radius 2 is 0.759 bits per heavy atom. The van der Waals surface area contributed by atoms with E-state index in [0.717, 1.165) is 74.6 Å². The van der Waals surface area contributed by atoms with Gasteiger partial charge in [0.2, 0.25) is 29.5 Å². The molecule has 0 fully saturated rings. The number of aromatic amines is 7. The molecule has 13 N–H and O–H groups in total. The number of hydrogen-bond acceptors (Lipinski definition) is 35. The van der Waals surface area contributed by atoms with Gasteiger partial charge in [0.1, 0.15) is 108 Å². The van der Waals surface area contributed by atoms with Crippen molar-refractivity contribution in [1.82, 2.24) is 155 Å². The maximum Gasteiger partial charge on any atom is 0.322 e. The van der Waals surface area contributed by atoms with Crippen LogP contribution in [-0.4, -0.2) is 195 Å². The Labute approximate surface area is 778 Å². The van der Waals surface area contributed by atoms with Crippen molar-refractivity contribution >= 4 is 131 Å². The monoisotopic (exact) mass is 1830 g/mol. The van der Waals surface area contributed by atoms with Gasteiger partial charge in [-0.05, 0) is 89.7 Å². The number of methoxy groups -OCH3 is 2. The molecule has 686 valence electrons. The Bertz CT molecular complexity index is 7450. The number of benzene rings is 7. The Hall–Kier alpha value is -19.5. The molecule has 44 heteroatoms. The topological polar surface area (TPSA) is 578 Å². The second kappa shape index (κ2) is 46.7. The highest BCUT2D eigenvalue weighted by molar-refractivity contribution is 6.07. The van der Waals surface area contributed by atoms with Crippen molar-refractivity contribution in [3.63, 3.8) is 0 Å². The summed E-state index contributed by atoms with van der Waals surface area (Å²) in [6.07, 6.45) is 22.2. The Balaban J connectivity index is 0.000000120. The first kappa shape index (κ1) is 92.3. The predicted molar refractivity (Wildman–Crippen MR) is 512 cm³/mol. The second-order valence-corrected chi connectivity index (χ2v) is 28.9. The lowest BCUT2D eigenvalue weighted by atomic mass is 10.1. The van der Waals surface area contributed by atoms with Crippen LogP contribution < -0.4 is 55.6 Å². The molecule has 2 amide bonds. The fourth-order valence-corrected chi connectivity index (χ4v) is 12.6. The summed E-state index contributed by atoms with van der Waals surface area (Å²) in [5, 5.41) is 11.7. The van der Waals surface area contributed by atoms with E-state index in [1.54, 1.807) is 87.3 Å². The van der Waals surface area contributed by atoms with Crippen LogP contribution in [0.1, 0.15) is 61.0 Å². The molecule has 0 spiro atoms. The fourth-order valence-electron chi connectivity index (χ4n) is 12.6. The number of amides is 2. The molecule has 0 aliphatic heterocycles. The van der Waals surface area contributed by atoms with E-state index >= 15 is 0 Å². The van der Waals surface area contributed by atoms with E-state index < -0.39 is 0 Å². The highest BCUT2D eigenvalue weighted by Crippen LogP contribution is 2.26. The van der Waals surface area contributed by atoms with Gasteiger partial charge >= 0.3 is 6.01 Å². The molecule has 0 bridgehead atoms. The molecule has 22 rings (SSSR count). The number of nitrogens with zero attached hydrogens (tertiary/aromatic N) is 25. The van der Waals surface area contributed by atoms with Gasteiger partial charge < -0.3 is 85.2 Å². The lowest BCUT2D eigenvalue weighted by Gasteiger charge is -2.10. The van der Waals surface area contributed by atoms with Crippen molar-refractivity contribution in [2.24, 2.45) is 0 Å². The van der Waals surface area contributed by atoms with Crippen molar-refractivity contribution in [2.75, 3.05) is 60.2 Å². The van der Waals surface area contributed by atoms with Crippen molar-refractivity contribution in [1.29, 1.82) is 0 Å². The molecule has 0 saturated heterocycles. The second-order valence-electron chi connectivity index (χ2n) is 28.9. The number of aryl methyl sites for hydroxylation is 2. The molecule has 0 radical (unpaired) electrons. The third-order valence-corrected chi connectivity index (χ3v) is 19.3. The fraction of sp³-hybridized carbons (Fsp3) is 0.118. The average molecular weight is 1830 g/mol. The van der Waals surface area contributed by atoms with E-state index in [1.807, 2.05) is 116 Å². The van der Waals surface area contributed by atoms with E-state index in [4.69, 9.17) is 29.4 Å². The van der Waals surface area contributed by atoms with Gasteiger partial charge in [0.05, 0.1) is 58.5 Å². The highest BCUT2D eigenvalue weighted by atomic mass is 16.5. The molecule has 15 aromatic heterocycles. The van der Waals surface area contributed by atoms with Gasteiger partial charge in [0.25, 0.3) is 11.8 Å². The summed E-state index contributed by atoms with van der Waals surface area (Å²) in [5.74, 6) is 4.50. The number of aromatic nitrogens is 31. The van der Waals surface area contributed by atoms with Crippen LogP contribution in [0.15, 0.2) is 283 Å². The van der Waals surface area contributed by atoms with Gasteiger partial charge in [-0.25, -0.2) is 89.7 Å². The molecular formula is C93H87N37O7. The van der Waals surface area contributed by atoms with Crippen LogP contribution in [0.2, 0.25) is 0 Å². The molecule has 0 unspecified atom stereocenters. The summed E-state index contributed by atoms with van der Waals surface area (Å²) in [7, 11) is 6.87. The number of nitrogens with one attached hydrogen (secondary N) is 11. The Kier molecular flexibility index (Phi) is 31.4. The predicted octanol–water partition coefficient (Wildman–Crippen LogP) is 13.5. The average Bonchev–Trinajstić information content (AvgIpc) is 1.68. The number of nitrogens with two attached hydrogens (primary N) is 1. The molecule has 44 nitrogen and oxygen atoms in total. The van der Waals surface area contributed by atoms with Gasteiger partial charge in [0, 0.05) is 37.5 Å². The van der Waals surface area contributed by atoms with Gasteiger partial charge in [-0.15, -0.1) is 0 Å². The lowest BCUT2D eigenvalue weighted by Crippen LogP contribution is -2.15. The zero-order chi connectivity index (χ0) is 94.7. The summed E-state index contributed by atoms with van der Waals surface area (Å²) in [6, 6.07) is 61.8. The number of carbonyl (C=O) groups excluding carboxylic acids is 2. The van der Waals surface area contributed by atoms with Crippen molar-refractivity contribution in [3.8, 4) is 29.4 Å². The van der Waals surface area contributed by atoms with E-state index in [-0.39, 0.29) is 29.7 Å². The minimum atomic E-state index is -0.355. The maximum atomic E-state index is 12.4. The molecule has 0 aliphatic rings. The Morgan fingerprint density at radius 1 is 0.358 bits per heavy atom. The van der Waals surface area contributed by atoms with Crippen LogP contribution in [0.25, 0.3) is 78.1 Å². The van der Waals surface area contributed by atoms with E-state index in [2.05, 4.69) is 238 Å². The van der Waals surface area contributed by atoms with Crippen LogP contribution in [0.3, 0.4) is 0 Å². The van der Waals surface area contributed by atoms with E-state index in [9.17, 15) is 9.59 Å². The van der Waals surface area contributed by atoms with Gasteiger partial charge in [-0.2, -0.15) is 29.9 Å². The van der Waals surface area contributed by atoms with Crippen LogP contribution in [0.5, 0.6) is 29.4 Å². The standard InChI is InChI=1S/C18H17N5O3.C14H14N4O.C13H12N4O.C12H9N5O.C12H11N5.C12H10N4O.C7H9N5.C5H5N5/c1-25-14-10-8-12(9-11-14)15(24)20-17-21-16(22-18(23-17)26-2)19-13-6-4-3-5-7-13;1-2-10-3-5-11(6-4-10)7-19-14-12-13(16-8-15-12)17-9-18-14;1-9-3-2-4-10(5-9)6-18-13-11-12(15-7-14-11)16-8-17-13;18-12(8-4-2-1-3-5-8)17-11-9-10(14-6-13-9)15-7-16-11;1-2-4-9(5-3-1)6-13-11-10-12(15-7-14-10)17-8-16-11;1-2-4-9(5-3-1)6-17-12-10-11(14-7-13-10)15-8-16-12;1-12(2)7-5-6(9-3-8-5)10-4-11-7;6-4-3-5(9-1-7-3)10-2-8-4/h3-11H,1-2H3,(H2,19,20,21,22,23,24);3-6,8-9H,2,7H2,1H3,(H,15,16,17,18);2-5,7-8H,6H2,1H3,(H,14,15,16,17);1-7H,(H2,13,14,15,16,17,18);1-5,7-8H,6H2,(H2,13,14,15,16,17);1-5,7-8H,6H2,(H,13,14,15,16);3-4H,1-2H3,(H,8,9,10,11);1-2H,(H3,6,7,8,9,10). The summed E-state index contributed by atoms with van der Waals surface area (Å²) >= 11 is 0. The summed E-state index contributed by atoms with van der Waals surface area (Å²) in [6.45, 7) is 6.36. The molecule has 15 heterocycles. The van der Waals surface area contributed by atoms with Crippen LogP contribution in [0, 0.1) is 6.92 Å².